The van der Waals surface area contributed by atoms with Crippen molar-refractivity contribution in [3.63, 3.8) is 0 Å². The standard InChI is InChI=1S/C17H23ClN2O/c1-3-20(12-16-5-4-10-21-16)17(2,13-19)11-14-6-8-15(18)9-7-14/h4-10H,3,11-13,19H2,1-2H3. The molecule has 0 bridgehead atoms. The largest absolute Gasteiger partial charge is 0.468 e. The molecule has 1 aromatic heterocycles. The number of nitrogens with two attached hydrogens (primary N) is 1. The molecule has 1 heterocycles. The minimum absolute atomic E-state index is 0.116. The molecule has 1 unspecified atom stereocenters. The van der Waals surface area contributed by atoms with Crippen molar-refractivity contribution in [1.82, 2.24) is 4.90 Å². The molecule has 4 heteroatoms. The molecule has 1 atom stereocenters. The lowest BCUT2D eigenvalue weighted by molar-refractivity contribution is 0.0994. The Labute approximate surface area is 131 Å². The second-order valence-corrected chi connectivity index (χ2v) is 6.03. The predicted molar refractivity (Wildman–Crippen MR) is 87.4 cm³/mol. The third kappa shape index (κ3) is 4.10. The van der Waals surface area contributed by atoms with Gasteiger partial charge in [0.05, 0.1) is 12.8 Å². The zero-order valence-electron chi connectivity index (χ0n) is 12.7. The summed E-state index contributed by atoms with van der Waals surface area (Å²) in [4.78, 5) is 2.36. The van der Waals surface area contributed by atoms with Gasteiger partial charge in [0.1, 0.15) is 5.76 Å². The second kappa shape index (κ2) is 7.12. The summed E-state index contributed by atoms with van der Waals surface area (Å²) in [7, 11) is 0. The molecule has 0 aliphatic carbocycles. The van der Waals surface area contributed by atoms with Crippen LogP contribution in [0.15, 0.2) is 47.1 Å². The first-order valence-electron chi connectivity index (χ1n) is 7.29. The van der Waals surface area contributed by atoms with E-state index < -0.39 is 0 Å². The lowest BCUT2D eigenvalue weighted by Gasteiger charge is -2.40. The first kappa shape index (κ1) is 16.1. The lowest BCUT2D eigenvalue weighted by Crippen LogP contribution is -2.52. The average molecular weight is 307 g/mol. The van der Waals surface area contributed by atoms with E-state index in [1.54, 1.807) is 6.26 Å². The van der Waals surface area contributed by atoms with Crippen LogP contribution in [0.2, 0.25) is 5.02 Å². The van der Waals surface area contributed by atoms with E-state index in [2.05, 4.69) is 30.9 Å². The number of likely N-dealkylation sites (N-methyl/N-ethyl adjacent to an activating group) is 1. The number of furan rings is 1. The third-order valence-corrected chi connectivity index (χ3v) is 4.26. The number of nitrogens with zero attached hydrogens (tertiary/aromatic N) is 1. The molecule has 2 rings (SSSR count). The van der Waals surface area contributed by atoms with E-state index in [1.807, 2.05) is 24.3 Å². The summed E-state index contributed by atoms with van der Waals surface area (Å²) < 4.78 is 5.47. The maximum absolute atomic E-state index is 6.09. The van der Waals surface area contributed by atoms with Gasteiger partial charge in [-0.05, 0) is 49.7 Å². The summed E-state index contributed by atoms with van der Waals surface area (Å²) in [5, 5.41) is 0.760. The molecule has 1 aromatic carbocycles. The highest BCUT2D eigenvalue weighted by molar-refractivity contribution is 6.30. The molecular weight excluding hydrogens is 284 g/mol. The first-order chi connectivity index (χ1) is 10.1. The van der Waals surface area contributed by atoms with Gasteiger partial charge in [-0.15, -0.1) is 0 Å². The SMILES string of the molecule is CCN(Cc1ccco1)C(C)(CN)Cc1ccc(Cl)cc1. The average Bonchev–Trinajstić information content (AvgIpc) is 3.00. The molecule has 21 heavy (non-hydrogen) atoms. The zero-order valence-corrected chi connectivity index (χ0v) is 13.4. The highest BCUT2D eigenvalue weighted by Gasteiger charge is 2.30. The maximum Gasteiger partial charge on any atom is 0.117 e. The van der Waals surface area contributed by atoms with Crippen molar-refractivity contribution < 1.29 is 4.42 Å². The number of rotatable bonds is 7. The first-order valence-corrected chi connectivity index (χ1v) is 7.67. The molecule has 0 spiro atoms. The molecule has 0 fully saturated rings. The van der Waals surface area contributed by atoms with Gasteiger partial charge in [0, 0.05) is 17.1 Å². The van der Waals surface area contributed by atoms with E-state index in [4.69, 9.17) is 21.8 Å². The minimum atomic E-state index is -0.116. The van der Waals surface area contributed by atoms with Crippen LogP contribution in [-0.2, 0) is 13.0 Å². The van der Waals surface area contributed by atoms with Gasteiger partial charge in [-0.3, -0.25) is 4.90 Å². The molecule has 0 amide bonds. The Morgan fingerprint density at radius 3 is 2.48 bits per heavy atom. The number of benzene rings is 1. The van der Waals surface area contributed by atoms with Gasteiger partial charge in [0.15, 0.2) is 0 Å². The van der Waals surface area contributed by atoms with Gasteiger partial charge >= 0.3 is 0 Å². The van der Waals surface area contributed by atoms with Crippen LogP contribution in [0, 0.1) is 0 Å². The topological polar surface area (TPSA) is 42.4 Å². The fourth-order valence-electron chi connectivity index (χ4n) is 2.63. The molecular formula is C17H23ClN2O. The van der Waals surface area contributed by atoms with Gasteiger partial charge in [0.25, 0.3) is 0 Å². The van der Waals surface area contributed by atoms with E-state index in [0.717, 1.165) is 30.3 Å². The quantitative estimate of drug-likeness (QED) is 0.848. The van der Waals surface area contributed by atoms with Crippen LogP contribution in [-0.4, -0.2) is 23.5 Å². The van der Waals surface area contributed by atoms with Crippen molar-refractivity contribution in [3.8, 4) is 0 Å². The summed E-state index contributed by atoms with van der Waals surface area (Å²) in [5.74, 6) is 0.965. The van der Waals surface area contributed by atoms with Gasteiger partial charge in [-0.1, -0.05) is 30.7 Å². The van der Waals surface area contributed by atoms with Crippen LogP contribution in [0.1, 0.15) is 25.2 Å². The Kier molecular flexibility index (Phi) is 5.45. The maximum atomic E-state index is 6.09. The van der Waals surface area contributed by atoms with Gasteiger partial charge in [0.2, 0.25) is 0 Å². The van der Waals surface area contributed by atoms with Crippen molar-refractivity contribution in [1.29, 1.82) is 0 Å². The summed E-state index contributed by atoms with van der Waals surface area (Å²) in [5.41, 5.74) is 7.22. The van der Waals surface area contributed by atoms with E-state index in [9.17, 15) is 0 Å². The molecule has 3 nitrogen and oxygen atoms in total. The molecule has 114 valence electrons. The van der Waals surface area contributed by atoms with Crippen molar-refractivity contribution in [2.45, 2.75) is 32.4 Å². The Morgan fingerprint density at radius 1 is 1.24 bits per heavy atom. The Morgan fingerprint density at radius 2 is 1.95 bits per heavy atom. The van der Waals surface area contributed by atoms with E-state index in [-0.39, 0.29) is 5.54 Å². The molecule has 0 saturated carbocycles. The summed E-state index contributed by atoms with van der Waals surface area (Å²) in [6.07, 6.45) is 2.59. The zero-order chi connectivity index (χ0) is 15.3. The molecule has 0 saturated heterocycles. The van der Waals surface area contributed by atoms with Crippen molar-refractivity contribution in [2.75, 3.05) is 13.1 Å². The molecule has 0 aliphatic heterocycles. The summed E-state index contributed by atoms with van der Waals surface area (Å²) in [6.45, 7) is 6.63. The fraction of sp³-hybridized carbons (Fsp3) is 0.412. The highest BCUT2D eigenvalue weighted by Crippen LogP contribution is 2.23. The van der Waals surface area contributed by atoms with Crippen molar-refractivity contribution >= 4 is 11.6 Å². The lowest BCUT2D eigenvalue weighted by atomic mass is 9.90. The van der Waals surface area contributed by atoms with E-state index in [0.29, 0.717) is 6.54 Å². The predicted octanol–water partition coefficient (Wildman–Crippen LogP) is 3.72. The van der Waals surface area contributed by atoms with Crippen LogP contribution in [0.3, 0.4) is 0 Å². The fourth-order valence-corrected chi connectivity index (χ4v) is 2.76. The highest BCUT2D eigenvalue weighted by atomic mass is 35.5. The number of halogens is 1. The summed E-state index contributed by atoms with van der Waals surface area (Å²) in [6, 6.07) is 11.9. The summed E-state index contributed by atoms with van der Waals surface area (Å²) >= 11 is 5.95. The van der Waals surface area contributed by atoms with Crippen LogP contribution >= 0.6 is 11.6 Å². The smallest absolute Gasteiger partial charge is 0.117 e. The van der Waals surface area contributed by atoms with E-state index in [1.165, 1.54) is 5.56 Å². The van der Waals surface area contributed by atoms with Crippen LogP contribution < -0.4 is 5.73 Å². The minimum Gasteiger partial charge on any atom is -0.468 e. The second-order valence-electron chi connectivity index (χ2n) is 5.60. The molecule has 0 radical (unpaired) electrons. The monoisotopic (exact) mass is 306 g/mol. The van der Waals surface area contributed by atoms with Crippen LogP contribution in [0.5, 0.6) is 0 Å². The molecule has 2 aromatic rings. The normalized spacial score (nSPS) is 14.3. The van der Waals surface area contributed by atoms with Crippen molar-refractivity contribution in [3.05, 3.63) is 59.0 Å². The number of hydrogen-bond donors (Lipinski definition) is 1. The third-order valence-electron chi connectivity index (χ3n) is 4.01. The van der Waals surface area contributed by atoms with Crippen LogP contribution in [0.4, 0.5) is 0 Å². The van der Waals surface area contributed by atoms with Crippen LogP contribution in [0.25, 0.3) is 0 Å². The number of hydrogen-bond acceptors (Lipinski definition) is 3. The Balaban J connectivity index is 2.15. The van der Waals surface area contributed by atoms with Gasteiger partial charge in [-0.25, -0.2) is 0 Å². The Bertz CT molecular complexity index is 538. The van der Waals surface area contributed by atoms with Gasteiger partial charge < -0.3 is 10.2 Å². The molecule has 0 aliphatic rings. The van der Waals surface area contributed by atoms with E-state index >= 15 is 0 Å². The van der Waals surface area contributed by atoms with Gasteiger partial charge in [-0.2, -0.15) is 0 Å². The Hall–Kier alpha value is -1.29. The molecule has 2 N–H and O–H groups in total. The van der Waals surface area contributed by atoms with Crippen molar-refractivity contribution in [2.24, 2.45) is 5.73 Å².